The van der Waals surface area contributed by atoms with E-state index in [0.29, 0.717) is 12.2 Å². The molecule has 0 aliphatic carbocycles. The summed E-state index contributed by atoms with van der Waals surface area (Å²) in [6.07, 6.45) is 6.12. The Kier molecular flexibility index (Phi) is 3.12. The molecule has 0 aliphatic rings. The number of aromatic nitrogens is 3. The molecular weight excluding hydrogens is 259 g/mol. The number of imidazole rings is 1. The number of amides is 1. The van der Waals surface area contributed by atoms with Crippen LogP contribution in [-0.4, -0.2) is 20.3 Å². The van der Waals surface area contributed by atoms with E-state index in [-0.39, 0.29) is 17.4 Å². The number of hydrogen-bond donors (Lipinski definition) is 1. The number of nitrogens with one attached hydrogen (secondary N) is 1. The lowest BCUT2D eigenvalue weighted by atomic mass is 10.3. The first kappa shape index (κ1) is 12.3. The van der Waals surface area contributed by atoms with Crippen LogP contribution in [0.5, 0.6) is 0 Å². The van der Waals surface area contributed by atoms with E-state index in [2.05, 4.69) is 15.3 Å². The van der Waals surface area contributed by atoms with Crippen LogP contribution in [0.25, 0.3) is 5.65 Å². The van der Waals surface area contributed by atoms with Gasteiger partial charge in [-0.2, -0.15) is 0 Å². The van der Waals surface area contributed by atoms with Crippen LogP contribution in [-0.2, 0) is 6.54 Å². The highest BCUT2D eigenvalue weighted by molar-refractivity contribution is 5.92. The van der Waals surface area contributed by atoms with Crippen molar-refractivity contribution in [1.82, 2.24) is 19.7 Å². The van der Waals surface area contributed by atoms with E-state index in [9.17, 15) is 9.18 Å². The summed E-state index contributed by atoms with van der Waals surface area (Å²) >= 11 is 0. The summed E-state index contributed by atoms with van der Waals surface area (Å²) in [6, 6.07) is 6.49. The molecule has 1 amide bonds. The SMILES string of the molecule is O=C(NCc1cccnc1)c1cn2cc(F)ccc2n1. The number of pyridine rings is 2. The molecule has 3 aromatic rings. The largest absolute Gasteiger partial charge is 0.347 e. The summed E-state index contributed by atoms with van der Waals surface area (Å²) in [5.74, 6) is -0.685. The number of carbonyl (C=O) groups is 1. The second kappa shape index (κ2) is 5.08. The smallest absolute Gasteiger partial charge is 0.271 e. The average Bonchev–Trinajstić information content (AvgIpc) is 2.89. The molecule has 3 heterocycles. The lowest BCUT2D eigenvalue weighted by Gasteiger charge is -2.02. The predicted octanol–water partition coefficient (Wildman–Crippen LogP) is 1.80. The lowest BCUT2D eigenvalue weighted by molar-refractivity contribution is 0.0946. The lowest BCUT2D eigenvalue weighted by Crippen LogP contribution is -2.23. The fraction of sp³-hybridized carbons (Fsp3) is 0.0714. The standard InChI is InChI=1S/C14H11FN4O/c15-11-3-4-13-18-12(9-19(13)8-11)14(20)17-7-10-2-1-5-16-6-10/h1-6,8-9H,7H2,(H,17,20). The van der Waals surface area contributed by atoms with Gasteiger partial charge < -0.3 is 9.72 Å². The van der Waals surface area contributed by atoms with Crippen molar-refractivity contribution in [3.8, 4) is 0 Å². The maximum Gasteiger partial charge on any atom is 0.271 e. The third-order valence-electron chi connectivity index (χ3n) is 2.82. The van der Waals surface area contributed by atoms with Gasteiger partial charge >= 0.3 is 0 Å². The van der Waals surface area contributed by atoms with Crippen molar-refractivity contribution in [2.45, 2.75) is 6.54 Å². The normalized spacial score (nSPS) is 10.7. The summed E-state index contributed by atoms with van der Waals surface area (Å²) in [5.41, 5.74) is 1.67. The van der Waals surface area contributed by atoms with Crippen LogP contribution in [0.2, 0.25) is 0 Å². The van der Waals surface area contributed by atoms with Gasteiger partial charge in [-0.15, -0.1) is 0 Å². The molecule has 0 bridgehead atoms. The molecular formula is C14H11FN4O. The maximum absolute atomic E-state index is 13.1. The Labute approximate surface area is 114 Å². The van der Waals surface area contributed by atoms with E-state index >= 15 is 0 Å². The zero-order chi connectivity index (χ0) is 13.9. The summed E-state index contributed by atoms with van der Waals surface area (Å²) in [5, 5.41) is 2.74. The molecule has 0 spiro atoms. The minimum absolute atomic E-state index is 0.250. The van der Waals surface area contributed by atoms with Crippen molar-refractivity contribution in [2.24, 2.45) is 0 Å². The summed E-state index contributed by atoms with van der Waals surface area (Å²) < 4.78 is 14.5. The minimum atomic E-state index is -0.378. The van der Waals surface area contributed by atoms with Crippen LogP contribution >= 0.6 is 0 Å². The Hall–Kier alpha value is -2.76. The second-order valence-corrected chi connectivity index (χ2v) is 4.28. The highest BCUT2D eigenvalue weighted by Crippen LogP contribution is 2.07. The van der Waals surface area contributed by atoms with Crippen molar-refractivity contribution in [3.05, 3.63) is 66.1 Å². The molecule has 0 unspecified atom stereocenters. The first-order valence-electron chi connectivity index (χ1n) is 6.04. The van der Waals surface area contributed by atoms with Gasteiger partial charge in [0, 0.05) is 31.3 Å². The monoisotopic (exact) mass is 270 g/mol. The van der Waals surface area contributed by atoms with Crippen molar-refractivity contribution in [2.75, 3.05) is 0 Å². The average molecular weight is 270 g/mol. The molecule has 100 valence electrons. The van der Waals surface area contributed by atoms with Crippen LogP contribution in [0.1, 0.15) is 16.1 Å². The van der Waals surface area contributed by atoms with Crippen molar-refractivity contribution in [3.63, 3.8) is 0 Å². The number of carbonyl (C=O) groups excluding carboxylic acids is 1. The molecule has 3 rings (SSSR count). The topological polar surface area (TPSA) is 59.3 Å². The molecule has 0 saturated carbocycles. The molecule has 0 radical (unpaired) electrons. The molecule has 0 fully saturated rings. The number of rotatable bonds is 3. The van der Waals surface area contributed by atoms with E-state index in [0.717, 1.165) is 5.56 Å². The van der Waals surface area contributed by atoms with Crippen molar-refractivity contribution in [1.29, 1.82) is 0 Å². The van der Waals surface area contributed by atoms with Gasteiger partial charge in [0.1, 0.15) is 17.2 Å². The van der Waals surface area contributed by atoms with Gasteiger partial charge in [0.05, 0.1) is 0 Å². The molecule has 0 aliphatic heterocycles. The highest BCUT2D eigenvalue weighted by atomic mass is 19.1. The van der Waals surface area contributed by atoms with Crippen LogP contribution in [0.3, 0.4) is 0 Å². The van der Waals surface area contributed by atoms with E-state index in [1.165, 1.54) is 28.9 Å². The van der Waals surface area contributed by atoms with Gasteiger partial charge in [0.2, 0.25) is 0 Å². The zero-order valence-electron chi connectivity index (χ0n) is 10.5. The van der Waals surface area contributed by atoms with E-state index < -0.39 is 0 Å². The van der Waals surface area contributed by atoms with Crippen LogP contribution in [0.15, 0.2) is 49.1 Å². The fourth-order valence-corrected chi connectivity index (χ4v) is 1.85. The van der Waals surface area contributed by atoms with E-state index in [1.54, 1.807) is 18.5 Å². The molecule has 3 aromatic heterocycles. The highest BCUT2D eigenvalue weighted by Gasteiger charge is 2.10. The summed E-state index contributed by atoms with van der Waals surface area (Å²) in [7, 11) is 0. The number of halogens is 1. The fourth-order valence-electron chi connectivity index (χ4n) is 1.85. The van der Waals surface area contributed by atoms with E-state index in [1.807, 2.05) is 6.07 Å². The molecule has 0 atom stereocenters. The molecule has 1 N–H and O–H groups in total. The molecule has 0 saturated heterocycles. The number of hydrogen-bond acceptors (Lipinski definition) is 3. The maximum atomic E-state index is 13.1. The number of fused-ring (bicyclic) bond motifs is 1. The minimum Gasteiger partial charge on any atom is -0.347 e. The predicted molar refractivity (Wildman–Crippen MR) is 70.6 cm³/mol. The summed E-state index contributed by atoms with van der Waals surface area (Å²) in [4.78, 5) is 20.1. The Morgan fingerprint density at radius 3 is 3.00 bits per heavy atom. The molecule has 5 nitrogen and oxygen atoms in total. The third kappa shape index (κ3) is 2.49. The van der Waals surface area contributed by atoms with Crippen molar-refractivity contribution < 1.29 is 9.18 Å². The Morgan fingerprint density at radius 2 is 2.20 bits per heavy atom. The van der Waals surface area contributed by atoms with Crippen LogP contribution in [0, 0.1) is 5.82 Å². The van der Waals surface area contributed by atoms with Gasteiger partial charge in [0.15, 0.2) is 0 Å². The van der Waals surface area contributed by atoms with E-state index in [4.69, 9.17) is 0 Å². The first-order valence-corrected chi connectivity index (χ1v) is 6.04. The molecule has 6 heteroatoms. The second-order valence-electron chi connectivity index (χ2n) is 4.28. The molecule has 20 heavy (non-hydrogen) atoms. The van der Waals surface area contributed by atoms with Crippen molar-refractivity contribution >= 4 is 11.6 Å². The molecule has 0 aromatic carbocycles. The quantitative estimate of drug-likeness (QED) is 0.789. The van der Waals surface area contributed by atoms with Gasteiger partial charge in [-0.3, -0.25) is 9.78 Å². The van der Waals surface area contributed by atoms with Gasteiger partial charge in [-0.1, -0.05) is 6.07 Å². The first-order chi connectivity index (χ1) is 9.72. The third-order valence-corrected chi connectivity index (χ3v) is 2.82. The van der Waals surface area contributed by atoms with Gasteiger partial charge in [-0.05, 0) is 23.8 Å². The van der Waals surface area contributed by atoms with Crippen LogP contribution in [0.4, 0.5) is 4.39 Å². The van der Waals surface area contributed by atoms with Gasteiger partial charge in [0.25, 0.3) is 5.91 Å². The summed E-state index contributed by atoms with van der Waals surface area (Å²) in [6.45, 7) is 0.370. The zero-order valence-corrected chi connectivity index (χ0v) is 10.5. The van der Waals surface area contributed by atoms with Crippen LogP contribution < -0.4 is 5.32 Å². The Bertz CT molecular complexity index is 754. The van der Waals surface area contributed by atoms with Gasteiger partial charge in [-0.25, -0.2) is 9.37 Å². The Balaban J connectivity index is 1.75. The number of nitrogens with zero attached hydrogens (tertiary/aromatic N) is 3. The Morgan fingerprint density at radius 1 is 1.30 bits per heavy atom.